The second-order valence-corrected chi connectivity index (χ2v) is 3.92. The quantitative estimate of drug-likeness (QED) is 0.813. The van der Waals surface area contributed by atoms with Gasteiger partial charge in [-0.15, -0.1) is 0 Å². The molecule has 1 aromatic carbocycles. The lowest BCUT2D eigenvalue weighted by Gasteiger charge is -2.07. The van der Waals surface area contributed by atoms with Crippen LogP contribution in [0.2, 0.25) is 0 Å². The summed E-state index contributed by atoms with van der Waals surface area (Å²) in [5, 5.41) is 0.637. The summed E-state index contributed by atoms with van der Waals surface area (Å²) >= 11 is 3.37. The molecular weight excluding hydrogens is 286 g/mol. The summed E-state index contributed by atoms with van der Waals surface area (Å²) in [6.07, 6.45) is 1.43. The van der Waals surface area contributed by atoms with Crippen LogP contribution in [-0.4, -0.2) is 19.2 Å². The number of nitrogens with zero attached hydrogens (tertiary/aromatic N) is 1. The summed E-state index contributed by atoms with van der Waals surface area (Å²) in [5.41, 5.74) is 1.73. The van der Waals surface area contributed by atoms with Gasteiger partial charge in [-0.05, 0) is 12.1 Å². The monoisotopic (exact) mass is 297 g/mol. The molecule has 0 amide bonds. The Kier molecular flexibility index (Phi) is 3.68. The maximum Gasteiger partial charge on any atom is 0.181 e. The Morgan fingerprint density at radius 2 is 1.82 bits per heavy atom. The lowest BCUT2D eigenvalue weighted by molar-refractivity contribution is 0.394. The highest BCUT2D eigenvalue weighted by Crippen LogP contribution is 2.32. The van der Waals surface area contributed by atoms with Crippen molar-refractivity contribution in [3.05, 3.63) is 30.3 Å². The van der Waals surface area contributed by atoms with Crippen LogP contribution in [0.5, 0.6) is 11.5 Å². The molecule has 0 unspecified atom stereocenters. The highest BCUT2D eigenvalue weighted by molar-refractivity contribution is 9.08. The van der Waals surface area contributed by atoms with E-state index in [0.717, 1.165) is 28.5 Å². The third-order valence-corrected chi connectivity index (χ3v) is 2.91. The van der Waals surface area contributed by atoms with Gasteiger partial charge in [-0.1, -0.05) is 15.9 Å². The number of halogens is 1. The van der Waals surface area contributed by atoms with Crippen LogP contribution in [0.4, 0.5) is 0 Å². The molecule has 0 spiro atoms. The summed E-state index contributed by atoms with van der Waals surface area (Å²) < 4.78 is 15.8. The molecule has 1 heterocycles. The zero-order valence-electron chi connectivity index (χ0n) is 9.57. The van der Waals surface area contributed by atoms with E-state index >= 15 is 0 Å². The highest BCUT2D eigenvalue weighted by atomic mass is 79.9. The first-order valence-electron chi connectivity index (χ1n) is 5.00. The van der Waals surface area contributed by atoms with Crippen molar-refractivity contribution in [2.45, 2.75) is 5.33 Å². The Labute approximate surface area is 108 Å². The van der Waals surface area contributed by atoms with Gasteiger partial charge >= 0.3 is 0 Å². The van der Waals surface area contributed by atoms with E-state index in [-0.39, 0.29) is 0 Å². The standard InChI is InChI=1S/C12H12BrNO3/c1-15-9-3-8(4-10(5-9)16-2)12-11(6-13)14-7-17-12/h3-5,7H,6H2,1-2H3. The van der Waals surface area contributed by atoms with Crippen LogP contribution < -0.4 is 9.47 Å². The number of ether oxygens (including phenoxy) is 2. The maximum atomic E-state index is 5.39. The molecule has 2 rings (SSSR count). The van der Waals surface area contributed by atoms with Gasteiger partial charge in [-0.25, -0.2) is 4.98 Å². The minimum Gasteiger partial charge on any atom is -0.497 e. The highest BCUT2D eigenvalue weighted by Gasteiger charge is 2.12. The average Bonchev–Trinajstić information content (AvgIpc) is 2.86. The molecule has 0 fully saturated rings. The first kappa shape index (κ1) is 12.0. The number of rotatable bonds is 4. The zero-order valence-corrected chi connectivity index (χ0v) is 11.2. The molecular formula is C12H12BrNO3. The molecule has 0 aliphatic rings. The van der Waals surface area contributed by atoms with Crippen molar-refractivity contribution in [1.82, 2.24) is 4.98 Å². The molecule has 0 bridgehead atoms. The summed E-state index contributed by atoms with van der Waals surface area (Å²) in [6.45, 7) is 0. The molecule has 0 atom stereocenters. The van der Waals surface area contributed by atoms with Crippen molar-refractivity contribution in [1.29, 1.82) is 0 Å². The Hall–Kier alpha value is -1.49. The van der Waals surface area contributed by atoms with Crippen molar-refractivity contribution in [3.63, 3.8) is 0 Å². The Balaban J connectivity index is 2.51. The first-order chi connectivity index (χ1) is 8.28. The van der Waals surface area contributed by atoms with Crippen molar-refractivity contribution in [2.75, 3.05) is 14.2 Å². The van der Waals surface area contributed by atoms with E-state index in [4.69, 9.17) is 13.9 Å². The van der Waals surface area contributed by atoms with Crippen LogP contribution in [-0.2, 0) is 5.33 Å². The van der Waals surface area contributed by atoms with Crippen molar-refractivity contribution in [2.24, 2.45) is 0 Å². The number of benzene rings is 1. The number of hydrogen-bond donors (Lipinski definition) is 0. The molecule has 0 radical (unpaired) electrons. The number of oxazole rings is 1. The minimum atomic E-state index is 0.637. The van der Waals surface area contributed by atoms with E-state index in [9.17, 15) is 0 Å². The molecule has 90 valence electrons. The van der Waals surface area contributed by atoms with Crippen LogP contribution >= 0.6 is 15.9 Å². The van der Waals surface area contributed by atoms with E-state index < -0.39 is 0 Å². The second-order valence-electron chi connectivity index (χ2n) is 3.36. The van der Waals surface area contributed by atoms with Crippen LogP contribution in [0.1, 0.15) is 5.69 Å². The van der Waals surface area contributed by atoms with E-state index in [0.29, 0.717) is 5.33 Å². The van der Waals surface area contributed by atoms with Gasteiger partial charge in [-0.3, -0.25) is 0 Å². The van der Waals surface area contributed by atoms with Gasteiger partial charge in [0.25, 0.3) is 0 Å². The fraction of sp³-hybridized carbons (Fsp3) is 0.250. The maximum absolute atomic E-state index is 5.39. The second kappa shape index (κ2) is 5.23. The van der Waals surface area contributed by atoms with Gasteiger partial charge in [0, 0.05) is 17.0 Å². The molecule has 0 N–H and O–H groups in total. The molecule has 0 aliphatic heterocycles. The number of alkyl halides is 1. The normalized spacial score (nSPS) is 10.3. The smallest absolute Gasteiger partial charge is 0.181 e. The number of methoxy groups -OCH3 is 2. The van der Waals surface area contributed by atoms with E-state index in [1.807, 2.05) is 18.2 Å². The predicted molar refractivity (Wildman–Crippen MR) is 67.7 cm³/mol. The molecule has 4 nitrogen and oxygen atoms in total. The third kappa shape index (κ3) is 2.44. The van der Waals surface area contributed by atoms with Gasteiger partial charge in [0.15, 0.2) is 12.2 Å². The van der Waals surface area contributed by atoms with Crippen molar-refractivity contribution in [3.8, 4) is 22.8 Å². The molecule has 17 heavy (non-hydrogen) atoms. The molecule has 2 aromatic rings. The van der Waals surface area contributed by atoms with Gasteiger partial charge in [0.1, 0.15) is 11.5 Å². The summed E-state index contributed by atoms with van der Waals surface area (Å²) in [5.74, 6) is 2.16. The van der Waals surface area contributed by atoms with Gasteiger partial charge in [0.05, 0.1) is 19.9 Å². The Morgan fingerprint density at radius 1 is 1.18 bits per heavy atom. The summed E-state index contributed by atoms with van der Waals surface area (Å²) in [6, 6.07) is 5.58. The molecule has 5 heteroatoms. The number of hydrogen-bond acceptors (Lipinski definition) is 4. The van der Waals surface area contributed by atoms with Crippen LogP contribution in [0.15, 0.2) is 29.0 Å². The van der Waals surface area contributed by atoms with Crippen LogP contribution in [0.3, 0.4) is 0 Å². The molecule has 0 aliphatic carbocycles. The van der Waals surface area contributed by atoms with Crippen molar-refractivity contribution < 1.29 is 13.9 Å². The topological polar surface area (TPSA) is 44.5 Å². The van der Waals surface area contributed by atoms with E-state index in [2.05, 4.69) is 20.9 Å². The SMILES string of the molecule is COc1cc(OC)cc(-c2ocnc2CBr)c1. The molecule has 0 saturated heterocycles. The molecule has 0 saturated carbocycles. The first-order valence-corrected chi connectivity index (χ1v) is 6.12. The average molecular weight is 298 g/mol. The predicted octanol–water partition coefficient (Wildman–Crippen LogP) is 3.25. The fourth-order valence-electron chi connectivity index (χ4n) is 1.54. The lowest BCUT2D eigenvalue weighted by Crippen LogP contribution is -1.89. The largest absolute Gasteiger partial charge is 0.497 e. The third-order valence-electron chi connectivity index (χ3n) is 2.38. The van der Waals surface area contributed by atoms with Crippen LogP contribution in [0.25, 0.3) is 11.3 Å². The zero-order chi connectivity index (χ0) is 12.3. The van der Waals surface area contributed by atoms with Gasteiger partial charge in [-0.2, -0.15) is 0 Å². The van der Waals surface area contributed by atoms with E-state index in [1.165, 1.54) is 6.39 Å². The Bertz CT molecular complexity index is 488. The van der Waals surface area contributed by atoms with E-state index in [1.54, 1.807) is 14.2 Å². The fourth-order valence-corrected chi connectivity index (χ4v) is 1.94. The summed E-state index contributed by atoms with van der Waals surface area (Å²) in [4.78, 5) is 4.13. The lowest BCUT2D eigenvalue weighted by atomic mass is 10.1. The minimum absolute atomic E-state index is 0.637. The van der Waals surface area contributed by atoms with Crippen molar-refractivity contribution >= 4 is 15.9 Å². The van der Waals surface area contributed by atoms with Crippen LogP contribution in [0, 0.1) is 0 Å². The van der Waals surface area contributed by atoms with Gasteiger partial charge < -0.3 is 13.9 Å². The Morgan fingerprint density at radius 3 is 2.35 bits per heavy atom. The number of aromatic nitrogens is 1. The summed E-state index contributed by atoms with van der Waals surface area (Å²) in [7, 11) is 3.23. The molecule has 1 aromatic heterocycles. The van der Waals surface area contributed by atoms with Gasteiger partial charge in [0.2, 0.25) is 0 Å².